The number of aromatic nitrogens is 3. The zero-order valence-electron chi connectivity index (χ0n) is 13.2. The summed E-state index contributed by atoms with van der Waals surface area (Å²) in [7, 11) is 2.15. The number of anilines is 1. The largest absolute Gasteiger partial charge is 0.354 e. The van der Waals surface area contributed by atoms with E-state index in [1.54, 1.807) is 4.90 Å². The second kappa shape index (κ2) is 5.56. The predicted octanol–water partition coefficient (Wildman–Crippen LogP) is 1.02. The van der Waals surface area contributed by atoms with Gasteiger partial charge in [0.25, 0.3) is 0 Å². The molecule has 1 saturated heterocycles. The Balaban J connectivity index is 1.55. The zero-order valence-corrected chi connectivity index (χ0v) is 13.2. The van der Waals surface area contributed by atoms with E-state index in [4.69, 9.17) is 5.26 Å². The first-order chi connectivity index (χ1) is 11.2. The van der Waals surface area contributed by atoms with Gasteiger partial charge in [0.05, 0.1) is 24.5 Å². The van der Waals surface area contributed by atoms with Crippen LogP contribution in [-0.2, 0) is 13.1 Å². The quantitative estimate of drug-likeness (QED) is 0.835. The van der Waals surface area contributed by atoms with Crippen molar-refractivity contribution in [2.45, 2.75) is 13.1 Å². The van der Waals surface area contributed by atoms with Crippen LogP contribution >= 0.6 is 0 Å². The van der Waals surface area contributed by atoms with Crippen LogP contribution in [0.4, 0.5) is 5.82 Å². The highest BCUT2D eigenvalue weighted by Crippen LogP contribution is 2.30. The first kappa shape index (κ1) is 14.0. The molecule has 0 bridgehead atoms. The van der Waals surface area contributed by atoms with Gasteiger partial charge in [-0.05, 0) is 19.2 Å². The minimum absolute atomic E-state index is 0.617. The Bertz CT molecular complexity index is 735. The van der Waals surface area contributed by atoms with Crippen molar-refractivity contribution in [3.63, 3.8) is 0 Å². The lowest BCUT2D eigenvalue weighted by atomic mass is 10.1. The molecule has 0 unspecified atom stereocenters. The molecule has 2 aliphatic rings. The Labute approximate surface area is 135 Å². The highest BCUT2D eigenvalue weighted by Gasteiger charge is 2.25. The number of nitrogens with one attached hydrogen (secondary N) is 1. The summed E-state index contributed by atoms with van der Waals surface area (Å²) in [6.45, 7) is 5.40. The molecule has 2 aromatic rings. The number of hydrogen-bond donors (Lipinski definition) is 1. The number of H-pyrrole nitrogens is 1. The highest BCUT2D eigenvalue weighted by molar-refractivity contribution is 5.65. The number of nitriles is 1. The van der Waals surface area contributed by atoms with Gasteiger partial charge in [0.1, 0.15) is 5.82 Å². The lowest BCUT2D eigenvalue weighted by molar-refractivity contribution is 0.312. The monoisotopic (exact) mass is 309 g/mol. The normalized spacial score (nSPS) is 18.1. The third kappa shape index (κ3) is 2.51. The van der Waals surface area contributed by atoms with Crippen LogP contribution in [0, 0.1) is 11.5 Å². The molecule has 0 aromatic carbocycles. The number of nitrogens with zero attached hydrogens (tertiary/aromatic N) is 6. The standard InChI is InChI=1S/C16H19N7/c1-21-4-6-23(7-5-21)15-3-2-12(8-18-15)16-13-9-22(11-17)10-14(13)19-20-16/h2-3,8H,4-7,9-10H2,1H3,(H,19,20). The number of piperazine rings is 1. The number of likely N-dealkylation sites (N-methyl/N-ethyl adjacent to an activating group) is 1. The van der Waals surface area contributed by atoms with E-state index in [-0.39, 0.29) is 0 Å². The maximum Gasteiger partial charge on any atom is 0.180 e. The van der Waals surface area contributed by atoms with Gasteiger partial charge in [0.2, 0.25) is 0 Å². The number of rotatable bonds is 2. The van der Waals surface area contributed by atoms with E-state index in [1.807, 2.05) is 6.20 Å². The third-order valence-electron chi connectivity index (χ3n) is 4.64. The lowest BCUT2D eigenvalue weighted by Gasteiger charge is -2.33. The minimum atomic E-state index is 0.617. The van der Waals surface area contributed by atoms with Gasteiger partial charge in [-0.25, -0.2) is 4.98 Å². The summed E-state index contributed by atoms with van der Waals surface area (Å²) >= 11 is 0. The second-order valence-corrected chi connectivity index (χ2v) is 6.18. The smallest absolute Gasteiger partial charge is 0.180 e. The van der Waals surface area contributed by atoms with Crippen molar-refractivity contribution in [3.8, 4) is 17.5 Å². The number of fused-ring (bicyclic) bond motifs is 1. The summed E-state index contributed by atoms with van der Waals surface area (Å²) in [5, 5.41) is 16.5. The van der Waals surface area contributed by atoms with Crippen molar-refractivity contribution < 1.29 is 0 Å². The number of pyridine rings is 1. The molecule has 2 aromatic heterocycles. The van der Waals surface area contributed by atoms with E-state index in [1.165, 1.54) is 0 Å². The SMILES string of the molecule is CN1CCN(c2ccc(-c3n[nH]c4c3CN(C#N)C4)cn2)CC1. The van der Waals surface area contributed by atoms with Gasteiger partial charge in [0.15, 0.2) is 6.19 Å². The Morgan fingerprint density at radius 2 is 2.00 bits per heavy atom. The number of hydrogen-bond acceptors (Lipinski definition) is 6. The fraction of sp³-hybridized carbons (Fsp3) is 0.438. The molecule has 0 saturated carbocycles. The van der Waals surface area contributed by atoms with Gasteiger partial charge in [-0.15, -0.1) is 0 Å². The average molecular weight is 309 g/mol. The maximum atomic E-state index is 9.04. The van der Waals surface area contributed by atoms with Crippen LogP contribution in [0.25, 0.3) is 11.3 Å². The van der Waals surface area contributed by atoms with E-state index in [9.17, 15) is 0 Å². The molecule has 118 valence electrons. The predicted molar refractivity (Wildman–Crippen MR) is 86.4 cm³/mol. The summed E-state index contributed by atoms with van der Waals surface area (Å²) in [4.78, 5) is 11.0. The fourth-order valence-corrected chi connectivity index (χ4v) is 3.20. The Morgan fingerprint density at radius 1 is 1.17 bits per heavy atom. The topological polar surface area (TPSA) is 75.1 Å². The van der Waals surface area contributed by atoms with E-state index in [0.717, 1.165) is 54.5 Å². The summed E-state index contributed by atoms with van der Waals surface area (Å²) in [6.07, 6.45) is 4.08. The van der Waals surface area contributed by atoms with Gasteiger partial charge in [-0.3, -0.25) is 5.10 Å². The molecule has 0 spiro atoms. The lowest BCUT2D eigenvalue weighted by Crippen LogP contribution is -2.44. The summed E-state index contributed by atoms with van der Waals surface area (Å²) in [5.41, 5.74) is 4.06. The molecular weight excluding hydrogens is 290 g/mol. The van der Waals surface area contributed by atoms with Gasteiger partial charge < -0.3 is 14.7 Å². The second-order valence-electron chi connectivity index (χ2n) is 6.18. The van der Waals surface area contributed by atoms with Crippen LogP contribution < -0.4 is 4.90 Å². The molecule has 0 radical (unpaired) electrons. The van der Waals surface area contributed by atoms with Gasteiger partial charge in [0, 0.05) is 43.5 Å². The molecule has 7 heteroatoms. The fourth-order valence-electron chi connectivity index (χ4n) is 3.20. The van der Waals surface area contributed by atoms with Crippen molar-refractivity contribution >= 4 is 5.82 Å². The zero-order chi connectivity index (χ0) is 15.8. The van der Waals surface area contributed by atoms with Crippen molar-refractivity contribution in [1.29, 1.82) is 5.26 Å². The molecular formula is C16H19N7. The first-order valence-corrected chi connectivity index (χ1v) is 7.85. The van der Waals surface area contributed by atoms with Crippen molar-refractivity contribution in [1.82, 2.24) is 25.0 Å². The van der Waals surface area contributed by atoms with E-state index < -0.39 is 0 Å². The summed E-state index contributed by atoms with van der Waals surface area (Å²) < 4.78 is 0. The Hall–Kier alpha value is -2.59. The summed E-state index contributed by atoms with van der Waals surface area (Å²) in [6, 6.07) is 4.14. The maximum absolute atomic E-state index is 9.04. The molecule has 23 heavy (non-hydrogen) atoms. The van der Waals surface area contributed by atoms with Crippen LogP contribution in [0.1, 0.15) is 11.3 Å². The molecule has 2 aliphatic heterocycles. The van der Waals surface area contributed by atoms with Crippen LogP contribution in [0.2, 0.25) is 0 Å². The minimum Gasteiger partial charge on any atom is -0.354 e. The van der Waals surface area contributed by atoms with Gasteiger partial charge in [-0.2, -0.15) is 10.4 Å². The van der Waals surface area contributed by atoms with E-state index in [2.05, 4.69) is 50.4 Å². The molecule has 0 aliphatic carbocycles. The number of aromatic amines is 1. The molecule has 0 amide bonds. The molecule has 0 atom stereocenters. The van der Waals surface area contributed by atoms with Gasteiger partial charge in [-0.1, -0.05) is 0 Å². The molecule has 1 fully saturated rings. The van der Waals surface area contributed by atoms with Crippen molar-refractivity contribution in [2.75, 3.05) is 38.1 Å². The van der Waals surface area contributed by atoms with Crippen LogP contribution in [0.15, 0.2) is 18.3 Å². The Morgan fingerprint density at radius 3 is 2.70 bits per heavy atom. The average Bonchev–Trinajstić information content (AvgIpc) is 3.16. The van der Waals surface area contributed by atoms with Crippen LogP contribution in [0.5, 0.6) is 0 Å². The van der Waals surface area contributed by atoms with Gasteiger partial charge >= 0.3 is 0 Å². The van der Waals surface area contributed by atoms with E-state index in [0.29, 0.717) is 13.1 Å². The van der Waals surface area contributed by atoms with E-state index >= 15 is 0 Å². The Kier molecular flexibility index (Phi) is 3.39. The van der Waals surface area contributed by atoms with Crippen molar-refractivity contribution in [2.24, 2.45) is 0 Å². The molecule has 7 nitrogen and oxygen atoms in total. The highest BCUT2D eigenvalue weighted by atomic mass is 15.3. The van der Waals surface area contributed by atoms with Crippen LogP contribution in [-0.4, -0.2) is 58.2 Å². The molecule has 4 heterocycles. The molecule has 4 rings (SSSR count). The third-order valence-corrected chi connectivity index (χ3v) is 4.64. The first-order valence-electron chi connectivity index (χ1n) is 7.85. The van der Waals surface area contributed by atoms with Crippen LogP contribution in [0.3, 0.4) is 0 Å². The van der Waals surface area contributed by atoms with Crippen molar-refractivity contribution in [3.05, 3.63) is 29.6 Å². The summed E-state index contributed by atoms with van der Waals surface area (Å²) in [5.74, 6) is 1.02. The molecule has 1 N–H and O–H groups in total.